The van der Waals surface area contributed by atoms with Crippen LogP contribution in [0.4, 0.5) is 13.2 Å². The molecule has 2 nitrogen and oxygen atoms in total. The lowest BCUT2D eigenvalue weighted by molar-refractivity contribution is -0.137. The third kappa shape index (κ3) is 6.15. The van der Waals surface area contributed by atoms with Crippen molar-refractivity contribution in [2.24, 2.45) is 11.7 Å². The Morgan fingerprint density at radius 2 is 1.71 bits per heavy atom. The van der Waals surface area contributed by atoms with E-state index < -0.39 is 12.6 Å². The van der Waals surface area contributed by atoms with Crippen LogP contribution < -0.4 is 5.73 Å². The van der Waals surface area contributed by atoms with Crippen LogP contribution >= 0.6 is 0 Å². The Morgan fingerprint density at radius 1 is 1.14 bits per heavy atom. The maximum absolute atomic E-state index is 12.4. The number of nitrogens with zero attached hydrogens (tertiary/aromatic N) is 1. The highest BCUT2D eigenvalue weighted by Crippen LogP contribution is 2.34. The molecule has 2 N–H and O–H groups in total. The van der Waals surface area contributed by atoms with Gasteiger partial charge in [0, 0.05) is 31.1 Å². The predicted molar refractivity (Wildman–Crippen MR) is 81.2 cm³/mol. The zero-order valence-corrected chi connectivity index (χ0v) is 13.7. The minimum absolute atomic E-state index is 0.165. The fraction of sp³-hybridized carbons (Fsp3) is 1.00. The molecular formula is C16H31F3N2. The van der Waals surface area contributed by atoms with Crippen molar-refractivity contribution in [3.63, 3.8) is 0 Å². The van der Waals surface area contributed by atoms with Gasteiger partial charge in [-0.05, 0) is 38.5 Å². The summed E-state index contributed by atoms with van der Waals surface area (Å²) in [5.41, 5.74) is 5.66. The quantitative estimate of drug-likeness (QED) is 0.723. The van der Waals surface area contributed by atoms with Crippen molar-refractivity contribution < 1.29 is 13.2 Å². The molecule has 0 aromatic heterocycles. The highest BCUT2D eigenvalue weighted by molar-refractivity contribution is 4.93. The molecule has 0 aromatic rings. The van der Waals surface area contributed by atoms with Gasteiger partial charge in [-0.25, -0.2) is 0 Å². The topological polar surface area (TPSA) is 29.3 Å². The number of hydrogen-bond donors (Lipinski definition) is 1. The Hall–Kier alpha value is -0.290. The summed E-state index contributed by atoms with van der Waals surface area (Å²) in [6.45, 7) is 7.71. The molecule has 1 atom stereocenters. The molecule has 1 saturated carbocycles. The van der Waals surface area contributed by atoms with Gasteiger partial charge in [-0.3, -0.25) is 4.90 Å². The third-order valence-corrected chi connectivity index (χ3v) is 4.64. The lowest BCUT2D eigenvalue weighted by atomic mass is 9.89. The van der Waals surface area contributed by atoms with Gasteiger partial charge >= 0.3 is 6.18 Å². The molecule has 21 heavy (non-hydrogen) atoms. The molecule has 0 heterocycles. The monoisotopic (exact) mass is 308 g/mol. The molecule has 1 rings (SSSR count). The molecule has 0 amide bonds. The first kappa shape index (κ1) is 18.8. The number of halogens is 3. The van der Waals surface area contributed by atoms with Crippen molar-refractivity contribution in [2.45, 2.75) is 83.5 Å². The summed E-state index contributed by atoms with van der Waals surface area (Å²) < 4.78 is 37.2. The van der Waals surface area contributed by atoms with Crippen molar-refractivity contribution in [1.29, 1.82) is 0 Å². The van der Waals surface area contributed by atoms with Crippen LogP contribution in [0.5, 0.6) is 0 Å². The molecule has 0 aromatic carbocycles. The molecule has 126 valence electrons. The van der Waals surface area contributed by atoms with Crippen LogP contribution in [0.2, 0.25) is 0 Å². The van der Waals surface area contributed by atoms with E-state index in [0.29, 0.717) is 24.9 Å². The Labute approximate surface area is 127 Å². The van der Waals surface area contributed by atoms with E-state index in [1.54, 1.807) is 0 Å². The average molecular weight is 308 g/mol. The van der Waals surface area contributed by atoms with E-state index in [-0.39, 0.29) is 12.0 Å². The van der Waals surface area contributed by atoms with Crippen molar-refractivity contribution in [1.82, 2.24) is 4.90 Å². The highest BCUT2D eigenvalue weighted by atomic mass is 19.4. The van der Waals surface area contributed by atoms with Crippen LogP contribution in [0.1, 0.15) is 65.7 Å². The molecule has 1 aliphatic rings. The van der Waals surface area contributed by atoms with Crippen LogP contribution in [0, 0.1) is 5.92 Å². The van der Waals surface area contributed by atoms with Gasteiger partial charge < -0.3 is 5.73 Å². The summed E-state index contributed by atoms with van der Waals surface area (Å²) >= 11 is 0. The molecule has 0 aliphatic heterocycles. The van der Waals surface area contributed by atoms with Gasteiger partial charge in [0.25, 0.3) is 0 Å². The van der Waals surface area contributed by atoms with Gasteiger partial charge in [-0.1, -0.05) is 26.7 Å². The van der Waals surface area contributed by atoms with E-state index in [2.05, 4.69) is 18.7 Å². The van der Waals surface area contributed by atoms with Gasteiger partial charge in [0.1, 0.15) is 0 Å². The second-order valence-electron chi connectivity index (χ2n) is 7.15. The molecule has 0 saturated heterocycles. The molecule has 5 heteroatoms. The van der Waals surface area contributed by atoms with E-state index in [0.717, 1.165) is 19.4 Å². The highest BCUT2D eigenvalue weighted by Gasteiger charge is 2.37. The second kappa shape index (κ2) is 7.82. The zero-order valence-electron chi connectivity index (χ0n) is 13.7. The first-order chi connectivity index (χ1) is 9.68. The fourth-order valence-corrected chi connectivity index (χ4v) is 3.45. The van der Waals surface area contributed by atoms with E-state index in [4.69, 9.17) is 5.73 Å². The van der Waals surface area contributed by atoms with Crippen LogP contribution in [0.25, 0.3) is 0 Å². The van der Waals surface area contributed by atoms with Crippen molar-refractivity contribution >= 4 is 0 Å². The fourth-order valence-electron chi connectivity index (χ4n) is 3.45. The summed E-state index contributed by atoms with van der Waals surface area (Å²) in [5, 5.41) is 0. The minimum Gasteiger partial charge on any atom is -0.329 e. The number of nitrogens with two attached hydrogens (primary N) is 1. The summed E-state index contributed by atoms with van der Waals surface area (Å²) in [6, 6.07) is 0.492. The van der Waals surface area contributed by atoms with Crippen molar-refractivity contribution in [3.8, 4) is 0 Å². The van der Waals surface area contributed by atoms with Crippen LogP contribution in [0.3, 0.4) is 0 Å². The molecule has 1 unspecified atom stereocenters. The van der Waals surface area contributed by atoms with Crippen molar-refractivity contribution in [3.05, 3.63) is 0 Å². The average Bonchev–Trinajstić information content (AvgIpc) is 2.87. The summed E-state index contributed by atoms with van der Waals surface area (Å²) in [6.07, 6.45) is 0.674. The van der Waals surface area contributed by atoms with Gasteiger partial charge in [0.2, 0.25) is 0 Å². The summed E-state index contributed by atoms with van der Waals surface area (Å²) in [4.78, 5) is 2.42. The van der Waals surface area contributed by atoms with Crippen LogP contribution in [-0.2, 0) is 0 Å². The van der Waals surface area contributed by atoms with Crippen molar-refractivity contribution in [2.75, 3.05) is 13.1 Å². The molecule has 1 aliphatic carbocycles. The number of rotatable bonds is 8. The van der Waals surface area contributed by atoms with E-state index in [9.17, 15) is 13.2 Å². The molecule has 0 spiro atoms. The Bertz CT molecular complexity index is 298. The minimum atomic E-state index is -4.06. The Kier molecular flexibility index (Phi) is 6.98. The van der Waals surface area contributed by atoms with E-state index in [1.807, 2.05) is 6.92 Å². The summed E-state index contributed by atoms with van der Waals surface area (Å²) in [7, 11) is 0. The summed E-state index contributed by atoms with van der Waals surface area (Å²) in [5.74, 6) is 0.499. The molecule has 1 fully saturated rings. The first-order valence-corrected chi connectivity index (χ1v) is 8.21. The van der Waals surface area contributed by atoms with E-state index >= 15 is 0 Å². The molecular weight excluding hydrogens is 277 g/mol. The number of alkyl halides is 3. The largest absolute Gasteiger partial charge is 0.389 e. The van der Waals surface area contributed by atoms with Crippen LogP contribution in [-0.4, -0.2) is 35.7 Å². The van der Waals surface area contributed by atoms with Crippen LogP contribution in [0.15, 0.2) is 0 Å². The smallest absolute Gasteiger partial charge is 0.329 e. The standard InChI is InChI=1S/C16H31F3N2/c1-13(2)11-21(14-7-4-5-8-14)15(3,12-20)9-6-10-16(17,18)19/h13-14H,4-12,20H2,1-3H3. The first-order valence-electron chi connectivity index (χ1n) is 8.21. The van der Waals surface area contributed by atoms with E-state index in [1.165, 1.54) is 12.8 Å². The number of hydrogen-bond acceptors (Lipinski definition) is 2. The SMILES string of the molecule is CC(C)CN(C1CCCC1)C(C)(CN)CCCC(F)(F)F. The molecule has 0 radical (unpaired) electrons. The van der Waals surface area contributed by atoms with Gasteiger partial charge in [0.05, 0.1) is 0 Å². The maximum atomic E-state index is 12.4. The van der Waals surface area contributed by atoms with Gasteiger partial charge in [0.15, 0.2) is 0 Å². The second-order valence-corrected chi connectivity index (χ2v) is 7.15. The van der Waals surface area contributed by atoms with Gasteiger partial charge in [-0.15, -0.1) is 0 Å². The maximum Gasteiger partial charge on any atom is 0.389 e. The predicted octanol–water partition coefficient (Wildman–Crippen LogP) is 4.34. The Morgan fingerprint density at radius 3 is 2.14 bits per heavy atom. The molecule has 0 bridgehead atoms. The zero-order chi connectivity index (χ0) is 16.1. The third-order valence-electron chi connectivity index (χ3n) is 4.64. The van der Waals surface area contributed by atoms with Gasteiger partial charge in [-0.2, -0.15) is 13.2 Å². The Balaban J connectivity index is 2.72. The lowest BCUT2D eigenvalue weighted by Gasteiger charge is -2.45. The lowest BCUT2D eigenvalue weighted by Crippen LogP contribution is -2.56. The normalized spacial score (nSPS) is 20.4.